The van der Waals surface area contributed by atoms with E-state index in [9.17, 15) is 14.4 Å². The number of benzene rings is 1. The highest BCUT2D eigenvalue weighted by molar-refractivity contribution is 7.17. The number of nitrogens with one attached hydrogen (secondary N) is 1. The molecule has 3 rings (SSSR count). The highest BCUT2D eigenvalue weighted by Gasteiger charge is 2.31. The minimum atomic E-state index is -0.528. The lowest BCUT2D eigenvalue weighted by atomic mass is 10.0. The van der Waals surface area contributed by atoms with Gasteiger partial charge in [-0.05, 0) is 24.1 Å². The van der Waals surface area contributed by atoms with E-state index < -0.39 is 18.0 Å². The third kappa shape index (κ3) is 3.65. The largest absolute Gasteiger partial charge is 0.496 e. The summed E-state index contributed by atoms with van der Waals surface area (Å²) in [5.74, 6) is -0.497. The molecule has 1 N–H and O–H groups in total. The molecule has 1 aromatic carbocycles. The van der Waals surface area contributed by atoms with Crippen molar-refractivity contribution in [2.45, 2.75) is 13.0 Å². The molecule has 0 atom stereocenters. The summed E-state index contributed by atoms with van der Waals surface area (Å²) in [6, 6.07) is 6.81. The normalized spacial score (nSPS) is 12.8. The maximum absolute atomic E-state index is 12.8. The Morgan fingerprint density at radius 3 is 2.54 bits per heavy atom. The van der Waals surface area contributed by atoms with Crippen molar-refractivity contribution in [1.29, 1.82) is 0 Å². The number of anilines is 1. The first-order valence-corrected chi connectivity index (χ1v) is 9.31. The predicted molar refractivity (Wildman–Crippen MR) is 103 cm³/mol. The number of esters is 1. The van der Waals surface area contributed by atoms with Crippen LogP contribution >= 0.6 is 11.3 Å². The Hall–Kier alpha value is -3.07. The second-order valence-corrected chi connectivity index (χ2v) is 7.10. The standard InChI is InChI=1S/C19H20N2O6S/c1-25-13-7-5-4-6-11(13)16(22)20-17-15(18(23)26-2)12-8-9-21(19(24)27-3)10-14(12)28-17/h4-7H,8-10H2,1-3H3,(H,20,22). The van der Waals surface area contributed by atoms with Gasteiger partial charge in [0.25, 0.3) is 5.91 Å². The Labute approximate surface area is 166 Å². The van der Waals surface area contributed by atoms with Crippen LogP contribution in [0.15, 0.2) is 24.3 Å². The van der Waals surface area contributed by atoms with Gasteiger partial charge in [0.1, 0.15) is 10.8 Å². The Morgan fingerprint density at radius 2 is 1.86 bits per heavy atom. The van der Waals surface area contributed by atoms with Crippen molar-refractivity contribution in [2.24, 2.45) is 0 Å². The summed E-state index contributed by atoms with van der Waals surface area (Å²) in [7, 11) is 4.10. The molecule has 1 aliphatic heterocycles. The molecule has 0 aliphatic carbocycles. The van der Waals surface area contributed by atoms with E-state index in [1.54, 1.807) is 29.2 Å². The first-order chi connectivity index (χ1) is 13.5. The van der Waals surface area contributed by atoms with Crippen LogP contribution in [0, 0.1) is 0 Å². The molecule has 1 aromatic heterocycles. The molecule has 28 heavy (non-hydrogen) atoms. The summed E-state index contributed by atoms with van der Waals surface area (Å²) in [6.45, 7) is 0.724. The molecule has 8 nitrogen and oxygen atoms in total. The van der Waals surface area contributed by atoms with Crippen molar-refractivity contribution in [1.82, 2.24) is 4.90 Å². The van der Waals surface area contributed by atoms with Gasteiger partial charge in [-0.1, -0.05) is 12.1 Å². The third-order valence-corrected chi connectivity index (χ3v) is 5.59. The molecule has 0 unspecified atom stereocenters. The van der Waals surface area contributed by atoms with Gasteiger partial charge in [-0.2, -0.15) is 0 Å². The van der Waals surface area contributed by atoms with Crippen LogP contribution in [-0.4, -0.2) is 50.7 Å². The van der Waals surface area contributed by atoms with E-state index in [0.717, 1.165) is 10.4 Å². The molecule has 0 saturated heterocycles. The number of carbonyl (C=O) groups is 3. The molecule has 0 fully saturated rings. The van der Waals surface area contributed by atoms with Crippen LogP contribution in [0.2, 0.25) is 0 Å². The minimum Gasteiger partial charge on any atom is -0.496 e. The summed E-state index contributed by atoms with van der Waals surface area (Å²) < 4.78 is 14.9. The summed E-state index contributed by atoms with van der Waals surface area (Å²) in [5.41, 5.74) is 1.46. The van der Waals surface area contributed by atoms with Gasteiger partial charge in [-0.15, -0.1) is 11.3 Å². The molecule has 2 heterocycles. The number of ether oxygens (including phenoxy) is 3. The highest BCUT2D eigenvalue weighted by atomic mass is 32.1. The van der Waals surface area contributed by atoms with Gasteiger partial charge < -0.3 is 24.4 Å². The number of hydrogen-bond acceptors (Lipinski definition) is 7. The third-order valence-electron chi connectivity index (χ3n) is 4.46. The first kappa shape index (κ1) is 19.7. The topological polar surface area (TPSA) is 94.2 Å². The lowest BCUT2D eigenvalue weighted by Crippen LogP contribution is -2.35. The van der Waals surface area contributed by atoms with Crippen molar-refractivity contribution in [3.05, 3.63) is 45.8 Å². The van der Waals surface area contributed by atoms with Gasteiger partial charge in [0.2, 0.25) is 0 Å². The molecule has 0 radical (unpaired) electrons. The monoisotopic (exact) mass is 404 g/mol. The maximum Gasteiger partial charge on any atom is 0.409 e. The molecular weight excluding hydrogens is 384 g/mol. The van der Waals surface area contributed by atoms with E-state index in [1.807, 2.05) is 0 Å². The Morgan fingerprint density at radius 1 is 1.11 bits per heavy atom. The van der Waals surface area contributed by atoms with Gasteiger partial charge in [0.15, 0.2) is 0 Å². The van der Waals surface area contributed by atoms with Gasteiger partial charge in [0.05, 0.1) is 39.0 Å². The van der Waals surface area contributed by atoms with E-state index in [4.69, 9.17) is 14.2 Å². The molecule has 1 aliphatic rings. The summed E-state index contributed by atoms with van der Waals surface area (Å²) in [6.07, 6.45) is 0.0360. The zero-order valence-electron chi connectivity index (χ0n) is 15.7. The summed E-state index contributed by atoms with van der Waals surface area (Å²) in [5, 5.41) is 3.18. The van der Waals surface area contributed by atoms with E-state index >= 15 is 0 Å². The zero-order chi connectivity index (χ0) is 20.3. The van der Waals surface area contributed by atoms with Crippen molar-refractivity contribution < 1.29 is 28.6 Å². The van der Waals surface area contributed by atoms with Crippen molar-refractivity contribution in [3.8, 4) is 5.75 Å². The SMILES string of the molecule is COC(=O)c1c(NC(=O)c2ccccc2OC)sc2c1CCN(C(=O)OC)C2. The van der Waals surface area contributed by atoms with Crippen molar-refractivity contribution in [2.75, 3.05) is 33.2 Å². The molecule has 2 aromatic rings. The second kappa shape index (κ2) is 8.30. The van der Waals surface area contributed by atoms with Crippen LogP contribution in [0.25, 0.3) is 0 Å². The number of hydrogen-bond donors (Lipinski definition) is 1. The van der Waals surface area contributed by atoms with Crippen LogP contribution < -0.4 is 10.1 Å². The van der Waals surface area contributed by atoms with Crippen molar-refractivity contribution >= 4 is 34.3 Å². The smallest absolute Gasteiger partial charge is 0.409 e. The van der Waals surface area contributed by atoms with Crippen LogP contribution in [-0.2, 0) is 22.4 Å². The molecule has 0 bridgehead atoms. The van der Waals surface area contributed by atoms with Crippen LogP contribution in [0.3, 0.4) is 0 Å². The van der Waals surface area contributed by atoms with Crippen LogP contribution in [0.1, 0.15) is 31.2 Å². The molecule has 9 heteroatoms. The lowest BCUT2D eigenvalue weighted by molar-refractivity contribution is 0.0600. The quantitative estimate of drug-likeness (QED) is 0.788. The Kier molecular flexibility index (Phi) is 5.84. The van der Waals surface area contributed by atoms with E-state index in [-0.39, 0.29) is 0 Å². The fourth-order valence-corrected chi connectivity index (χ4v) is 4.34. The van der Waals surface area contributed by atoms with Gasteiger partial charge in [-0.3, -0.25) is 4.79 Å². The zero-order valence-corrected chi connectivity index (χ0v) is 16.6. The molecule has 148 valence electrons. The average molecular weight is 404 g/mol. The number of amides is 2. The van der Waals surface area contributed by atoms with E-state index in [0.29, 0.717) is 41.4 Å². The highest BCUT2D eigenvalue weighted by Crippen LogP contribution is 2.38. The van der Waals surface area contributed by atoms with Gasteiger partial charge >= 0.3 is 12.1 Å². The molecule has 0 saturated carbocycles. The van der Waals surface area contributed by atoms with Crippen LogP contribution in [0.5, 0.6) is 5.75 Å². The van der Waals surface area contributed by atoms with E-state index in [1.165, 1.54) is 32.7 Å². The predicted octanol–water partition coefficient (Wildman–Crippen LogP) is 2.92. The number of para-hydroxylation sites is 1. The van der Waals surface area contributed by atoms with Crippen molar-refractivity contribution in [3.63, 3.8) is 0 Å². The number of carbonyl (C=O) groups excluding carboxylic acids is 3. The summed E-state index contributed by atoms with van der Waals surface area (Å²) >= 11 is 1.25. The average Bonchev–Trinajstić information content (AvgIpc) is 3.09. The molecular formula is C19H20N2O6S. The molecule has 0 spiro atoms. The number of nitrogens with zero attached hydrogens (tertiary/aromatic N) is 1. The fourth-order valence-electron chi connectivity index (χ4n) is 3.10. The Bertz CT molecular complexity index is 923. The number of thiophene rings is 1. The molecule has 2 amide bonds. The van der Waals surface area contributed by atoms with Gasteiger partial charge in [-0.25, -0.2) is 9.59 Å². The van der Waals surface area contributed by atoms with Gasteiger partial charge in [0, 0.05) is 11.4 Å². The lowest BCUT2D eigenvalue weighted by Gasteiger charge is -2.25. The first-order valence-electron chi connectivity index (χ1n) is 8.50. The minimum absolute atomic E-state index is 0.307. The maximum atomic E-state index is 12.8. The second-order valence-electron chi connectivity index (χ2n) is 6.00. The summed E-state index contributed by atoms with van der Waals surface area (Å²) in [4.78, 5) is 39.3. The number of methoxy groups -OCH3 is 3. The Balaban J connectivity index is 1.95. The fraction of sp³-hybridized carbons (Fsp3) is 0.316. The number of rotatable bonds is 4. The van der Waals surface area contributed by atoms with Crippen LogP contribution in [0.4, 0.5) is 9.80 Å². The van der Waals surface area contributed by atoms with E-state index in [2.05, 4.69) is 5.32 Å². The number of fused-ring (bicyclic) bond motifs is 1.